The maximum atomic E-state index is 13.5. The molecule has 1 N–H and O–H groups in total. The molecule has 168 valence electrons. The summed E-state index contributed by atoms with van der Waals surface area (Å²) in [5, 5.41) is 1.13. The highest BCUT2D eigenvalue weighted by Crippen LogP contribution is 2.23. The number of hydrogen-bond donors (Lipinski definition) is 1. The summed E-state index contributed by atoms with van der Waals surface area (Å²) < 4.78 is 6.36. The third kappa shape index (κ3) is 4.25. The zero-order valence-corrected chi connectivity index (χ0v) is 19.6. The molecule has 0 aliphatic rings. The first-order valence-electron chi connectivity index (χ1n) is 10.7. The number of benzene rings is 4. The minimum absolute atomic E-state index is 0.191. The smallest absolute Gasteiger partial charge is 0.279 e. The molecule has 0 aliphatic heterocycles. The molecule has 0 atom stereocenters. The number of carbonyl (C=O) groups is 1. The van der Waals surface area contributed by atoms with Gasteiger partial charge in [0.15, 0.2) is 0 Å². The van der Waals surface area contributed by atoms with E-state index < -0.39 is 0 Å². The van der Waals surface area contributed by atoms with E-state index in [0.29, 0.717) is 21.7 Å². The Bertz CT molecular complexity index is 1530. The van der Waals surface area contributed by atoms with Crippen LogP contribution in [0.3, 0.4) is 0 Å². The van der Waals surface area contributed by atoms with E-state index in [2.05, 4.69) is 4.72 Å². The Morgan fingerprint density at radius 3 is 2.09 bits per heavy atom. The molecule has 5 rings (SSSR count). The van der Waals surface area contributed by atoms with E-state index in [9.17, 15) is 9.59 Å². The van der Waals surface area contributed by atoms with Gasteiger partial charge in [0.25, 0.3) is 11.5 Å². The molecule has 5 aromatic rings. The molecule has 0 fully saturated rings. The number of hydrogen-bond acceptors (Lipinski definition) is 3. The fourth-order valence-corrected chi connectivity index (χ4v) is 4.84. The van der Waals surface area contributed by atoms with Gasteiger partial charge in [-0.3, -0.25) is 14.3 Å². The van der Waals surface area contributed by atoms with E-state index in [1.54, 1.807) is 16.8 Å². The fourth-order valence-electron chi connectivity index (χ4n) is 3.83. The number of rotatable bonds is 6. The number of nitrogens with one attached hydrogen (secondary N) is 1. The molecular weight excluding hydrogens is 466 g/mol. The van der Waals surface area contributed by atoms with Gasteiger partial charge in [-0.1, -0.05) is 66.2 Å². The first-order valence-corrected chi connectivity index (χ1v) is 12.0. The van der Waals surface area contributed by atoms with Crippen molar-refractivity contribution in [1.29, 1.82) is 0 Å². The van der Waals surface area contributed by atoms with Crippen LogP contribution in [0.25, 0.3) is 22.3 Å². The quantitative estimate of drug-likeness (QED) is 0.299. The van der Waals surface area contributed by atoms with Crippen molar-refractivity contribution in [2.45, 2.75) is 5.75 Å². The summed E-state index contributed by atoms with van der Waals surface area (Å²) >= 11 is 7.45. The van der Waals surface area contributed by atoms with Gasteiger partial charge in [-0.15, -0.1) is 0 Å². The predicted octanol–water partition coefficient (Wildman–Crippen LogP) is 6.01. The summed E-state index contributed by atoms with van der Waals surface area (Å²) in [6.07, 6.45) is 0. The Hall–Kier alpha value is -3.74. The van der Waals surface area contributed by atoms with Crippen LogP contribution in [0.1, 0.15) is 15.9 Å². The Morgan fingerprint density at radius 1 is 0.794 bits per heavy atom. The van der Waals surface area contributed by atoms with E-state index in [1.165, 1.54) is 11.9 Å². The molecule has 34 heavy (non-hydrogen) atoms. The third-order valence-electron chi connectivity index (χ3n) is 5.46. The summed E-state index contributed by atoms with van der Waals surface area (Å²) in [5.41, 5.74) is 3.49. The van der Waals surface area contributed by atoms with E-state index in [-0.39, 0.29) is 11.5 Å². The van der Waals surface area contributed by atoms with Gasteiger partial charge in [-0.2, -0.15) is 0 Å². The molecular formula is C27H20ClN3O2S. The molecule has 5 nitrogen and oxygen atoms in total. The monoisotopic (exact) mass is 485 g/mol. The molecule has 1 aromatic heterocycles. The van der Waals surface area contributed by atoms with E-state index >= 15 is 0 Å². The molecule has 7 heteroatoms. The molecule has 0 unspecified atom stereocenters. The Balaban J connectivity index is 1.51. The maximum Gasteiger partial charge on any atom is 0.279 e. The first-order chi connectivity index (χ1) is 16.6. The van der Waals surface area contributed by atoms with Gasteiger partial charge < -0.3 is 0 Å². The maximum absolute atomic E-state index is 13.5. The van der Waals surface area contributed by atoms with Gasteiger partial charge in [-0.25, -0.2) is 9.36 Å². The summed E-state index contributed by atoms with van der Waals surface area (Å²) in [4.78, 5) is 26.4. The molecule has 0 saturated heterocycles. The van der Waals surface area contributed by atoms with Crippen LogP contribution >= 0.6 is 23.5 Å². The van der Waals surface area contributed by atoms with Gasteiger partial charge in [0.05, 0.1) is 22.3 Å². The second kappa shape index (κ2) is 9.63. The lowest BCUT2D eigenvalue weighted by Gasteiger charge is -2.13. The second-order valence-corrected chi connectivity index (χ2v) is 8.83. The molecule has 0 radical (unpaired) electrons. The lowest BCUT2D eigenvalue weighted by molar-refractivity contribution is 0.0984. The van der Waals surface area contributed by atoms with Crippen molar-refractivity contribution in [2.75, 3.05) is 0 Å². The molecule has 4 aromatic carbocycles. The molecule has 0 aliphatic carbocycles. The topological polar surface area (TPSA) is 56.0 Å². The average Bonchev–Trinajstić information content (AvgIpc) is 3.18. The van der Waals surface area contributed by atoms with Gasteiger partial charge >= 0.3 is 0 Å². The average molecular weight is 486 g/mol. The molecule has 1 heterocycles. The van der Waals surface area contributed by atoms with Crippen molar-refractivity contribution in [1.82, 2.24) is 14.1 Å². The second-order valence-electron chi connectivity index (χ2n) is 7.64. The van der Waals surface area contributed by atoms with E-state index in [4.69, 9.17) is 11.6 Å². The first kappa shape index (κ1) is 22.1. The van der Waals surface area contributed by atoms with Crippen LogP contribution in [0.15, 0.2) is 108 Å². The number of amides is 1. The van der Waals surface area contributed by atoms with Crippen molar-refractivity contribution in [2.24, 2.45) is 0 Å². The Morgan fingerprint density at radius 2 is 1.41 bits per heavy atom. The van der Waals surface area contributed by atoms with Crippen molar-refractivity contribution in [3.05, 3.63) is 130 Å². The van der Waals surface area contributed by atoms with Gasteiger partial charge in [0, 0.05) is 16.3 Å². The minimum atomic E-state index is -0.267. The lowest BCUT2D eigenvalue weighted by Crippen LogP contribution is -2.20. The molecule has 1 amide bonds. The van der Waals surface area contributed by atoms with Crippen LogP contribution in [-0.4, -0.2) is 15.3 Å². The van der Waals surface area contributed by atoms with Gasteiger partial charge in [0.1, 0.15) is 0 Å². The highest BCUT2D eigenvalue weighted by molar-refractivity contribution is 7.97. The van der Waals surface area contributed by atoms with Gasteiger partial charge in [-0.05, 0) is 66.0 Å². The number of halogens is 1. The highest BCUT2D eigenvalue weighted by Gasteiger charge is 2.18. The van der Waals surface area contributed by atoms with Crippen molar-refractivity contribution in [3.8, 4) is 11.4 Å². The number of nitrogens with zero attached hydrogens (tertiary/aromatic N) is 2. The van der Waals surface area contributed by atoms with Crippen LogP contribution in [0.2, 0.25) is 5.02 Å². The summed E-state index contributed by atoms with van der Waals surface area (Å²) in [6.45, 7) is 0. The summed E-state index contributed by atoms with van der Waals surface area (Å²) in [7, 11) is 0. The lowest BCUT2D eigenvalue weighted by atomic mass is 10.1. The largest absolute Gasteiger partial charge is 0.296 e. The van der Waals surface area contributed by atoms with E-state index in [0.717, 1.165) is 22.5 Å². The zero-order chi connectivity index (χ0) is 23.5. The van der Waals surface area contributed by atoms with Crippen molar-refractivity contribution >= 4 is 40.4 Å². The van der Waals surface area contributed by atoms with Crippen LogP contribution in [-0.2, 0) is 5.75 Å². The molecule has 0 saturated carbocycles. The number of fused-ring (bicyclic) bond motifs is 1. The van der Waals surface area contributed by atoms with Crippen LogP contribution < -0.4 is 10.3 Å². The van der Waals surface area contributed by atoms with Crippen LogP contribution in [0.4, 0.5) is 0 Å². The standard InChI is InChI=1S/C27H20ClN3O2S/c28-24-14-8-7-9-20(24)18-34-29-26(32)19-15-16-25-23(17-19)27(33)31(22-12-5-2-6-13-22)30(25)21-10-3-1-4-11-21/h1-17H,18H2,(H,29,32). The SMILES string of the molecule is O=C(NSCc1ccccc1Cl)c1ccc2c(c1)c(=O)n(-c1ccccc1)n2-c1ccccc1. The zero-order valence-electron chi connectivity index (χ0n) is 18.0. The highest BCUT2D eigenvalue weighted by atomic mass is 35.5. The number of carbonyl (C=O) groups excluding carboxylic acids is 1. The van der Waals surface area contributed by atoms with Crippen LogP contribution in [0, 0.1) is 0 Å². The predicted molar refractivity (Wildman–Crippen MR) is 139 cm³/mol. The minimum Gasteiger partial charge on any atom is -0.296 e. The van der Waals surface area contributed by atoms with Gasteiger partial charge in [0.2, 0.25) is 0 Å². The Kier molecular flexibility index (Phi) is 6.25. The third-order valence-corrected chi connectivity index (χ3v) is 6.62. The Labute approximate surface area is 205 Å². The van der Waals surface area contributed by atoms with E-state index in [1.807, 2.05) is 95.7 Å². The van der Waals surface area contributed by atoms with Crippen molar-refractivity contribution < 1.29 is 4.79 Å². The molecule has 0 spiro atoms. The fraction of sp³-hybridized carbons (Fsp3) is 0.0370. The summed E-state index contributed by atoms with van der Waals surface area (Å²) in [5.74, 6) is 0.274. The normalized spacial score (nSPS) is 11.0. The van der Waals surface area contributed by atoms with Crippen LogP contribution in [0.5, 0.6) is 0 Å². The summed E-state index contributed by atoms with van der Waals surface area (Å²) in [6, 6.07) is 31.9. The molecule has 0 bridgehead atoms. The number of aromatic nitrogens is 2. The van der Waals surface area contributed by atoms with Crippen molar-refractivity contribution in [3.63, 3.8) is 0 Å². The number of para-hydroxylation sites is 2.